The number of halogens is 1. The number of carbonyl (C=O) groups is 2. The van der Waals surface area contributed by atoms with E-state index >= 15 is 0 Å². The lowest BCUT2D eigenvalue weighted by molar-refractivity contribution is -0.116. The van der Waals surface area contributed by atoms with E-state index in [1.807, 2.05) is 36.4 Å². The van der Waals surface area contributed by atoms with E-state index in [1.54, 1.807) is 18.2 Å². The zero-order valence-corrected chi connectivity index (χ0v) is 15.3. The zero-order valence-electron chi connectivity index (χ0n) is 13.7. The van der Waals surface area contributed by atoms with Crippen molar-refractivity contribution >= 4 is 33.8 Å². The predicted molar refractivity (Wildman–Crippen MR) is 102 cm³/mol. The van der Waals surface area contributed by atoms with E-state index in [9.17, 15) is 9.59 Å². The molecule has 0 heterocycles. The highest BCUT2D eigenvalue weighted by atomic mass is 79.9. The highest BCUT2D eigenvalue weighted by Gasteiger charge is 2.23. The Bertz CT molecular complexity index is 796. The molecule has 0 aliphatic heterocycles. The second-order valence-electron chi connectivity index (χ2n) is 6.05. The number of rotatable bonds is 6. The predicted octanol–water partition coefficient (Wildman–Crippen LogP) is 3.67. The molecule has 0 unspecified atom stereocenters. The van der Waals surface area contributed by atoms with Crippen molar-refractivity contribution in [2.24, 2.45) is 0 Å². The molecule has 5 heteroatoms. The summed E-state index contributed by atoms with van der Waals surface area (Å²) in [6, 6.07) is 15.4. The molecule has 3 rings (SSSR count). The maximum atomic E-state index is 11.9. The second kappa shape index (κ2) is 8.12. The molecule has 1 fully saturated rings. The van der Waals surface area contributed by atoms with Crippen LogP contribution in [0.25, 0.3) is 6.08 Å². The number of hydrogen-bond acceptors (Lipinski definition) is 2. The van der Waals surface area contributed by atoms with Crippen molar-refractivity contribution in [2.45, 2.75) is 25.4 Å². The first-order valence-corrected chi connectivity index (χ1v) is 9.01. The van der Waals surface area contributed by atoms with Gasteiger partial charge in [0.15, 0.2) is 0 Å². The van der Waals surface area contributed by atoms with E-state index in [2.05, 4.69) is 26.6 Å². The second-order valence-corrected chi connectivity index (χ2v) is 6.97. The largest absolute Gasteiger partial charge is 0.349 e. The summed E-state index contributed by atoms with van der Waals surface area (Å²) < 4.78 is 0.987. The molecule has 0 atom stereocenters. The molecule has 128 valence electrons. The summed E-state index contributed by atoms with van der Waals surface area (Å²) in [6.07, 6.45) is 5.37. The zero-order chi connectivity index (χ0) is 17.6. The van der Waals surface area contributed by atoms with Crippen molar-refractivity contribution in [1.29, 1.82) is 0 Å². The Kier molecular flexibility index (Phi) is 5.66. The maximum absolute atomic E-state index is 11.9. The smallest absolute Gasteiger partial charge is 0.251 e. The fourth-order valence-electron chi connectivity index (χ4n) is 2.31. The minimum atomic E-state index is -0.157. The number of hydrogen-bond donors (Lipinski definition) is 2. The molecule has 0 bridgehead atoms. The molecule has 2 aromatic carbocycles. The van der Waals surface area contributed by atoms with Crippen LogP contribution >= 0.6 is 15.9 Å². The van der Waals surface area contributed by atoms with Gasteiger partial charge in [-0.3, -0.25) is 9.59 Å². The van der Waals surface area contributed by atoms with E-state index in [-0.39, 0.29) is 11.8 Å². The van der Waals surface area contributed by atoms with Crippen molar-refractivity contribution in [3.05, 3.63) is 75.8 Å². The SMILES string of the molecule is O=C(/C=C/c1ccc(C(=O)NC2CC2)cc1)NCc1cccc(Br)c1. The Balaban J connectivity index is 1.50. The van der Waals surface area contributed by atoms with Gasteiger partial charge in [0.25, 0.3) is 5.91 Å². The third kappa shape index (κ3) is 5.57. The van der Waals surface area contributed by atoms with Crippen LogP contribution in [-0.2, 0) is 11.3 Å². The van der Waals surface area contributed by atoms with Gasteiger partial charge < -0.3 is 10.6 Å². The first-order valence-electron chi connectivity index (χ1n) is 8.21. The fraction of sp³-hybridized carbons (Fsp3) is 0.200. The summed E-state index contributed by atoms with van der Waals surface area (Å²) in [5.74, 6) is -0.194. The van der Waals surface area contributed by atoms with Gasteiger partial charge in [-0.05, 0) is 54.3 Å². The molecule has 2 amide bonds. The Labute approximate surface area is 155 Å². The molecular formula is C20H19BrN2O2. The van der Waals surface area contributed by atoms with Gasteiger partial charge in [-0.1, -0.05) is 40.2 Å². The molecule has 0 radical (unpaired) electrons. The summed E-state index contributed by atoms with van der Waals surface area (Å²) >= 11 is 3.41. The van der Waals surface area contributed by atoms with Gasteiger partial charge in [-0.2, -0.15) is 0 Å². The van der Waals surface area contributed by atoms with Crippen LogP contribution < -0.4 is 10.6 Å². The summed E-state index contributed by atoms with van der Waals surface area (Å²) in [5.41, 5.74) is 2.55. The molecule has 2 aromatic rings. The van der Waals surface area contributed by atoms with E-state index in [0.29, 0.717) is 18.2 Å². The number of carbonyl (C=O) groups excluding carboxylic acids is 2. The third-order valence-electron chi connectivity index (χ3n) is 3.87. The molecular weight excluding hydrogens is 380 g/mol. The van der Waals surface area contributed by atoms with Gasteiger partial charge in [-0.15, -0.1) is 0 Å². The van der Waals surface area contributed by atoms with Gasteiger partial charge in [-0.25, -0.2) is 0 Å². The number of amides is 2. The van der Waals surface area contributed by atoms with Crippen molar-refractivity contribution in [1.82, 2.24) is 10.6 Å². The highest BCUT2D eigenvalue weighted by Crippen LogP contribution is 2.19. The van der Waals surface area contributed by atoms with Gasteiger partial charge in [0.1, 0.15) is 0 Å². The van der Waals surface area contributed by atoms with Crippen LogP contribution in [0.3, 0.4) is 0 Å². The minimum absolute atomic E-state index is 0.0372. The summed E-state index contributed by atoms with van der Waals surface area (Å²) in [6.45, 7) is 0.475. The lowest BCUT2D eigenvalue weighted by Crippen LogP contribution is -2.25. The van der Waals surface area contributed by atoms with Crippen LogP contribution in [0.2, 0.25) is 0 Å². The quantitative estimate of drug-likeness (QED) is 0.729. The highest BCUT2D eigenvalue weighted by molar-refractivity contribution is 9.10. The molecule has 1 aliphatic carbocycles. The Morgan fingerprint density at radius 2 is 1.88 bits per heavy atom. The Morgan fingerprint density at radius 3 is 2.56 bits per heavy atom. The molecule has 25 heavy (non-hydrogen) atoms. The van der Waals surface area contributed by atoms with Crippen molar-refractivity contribution < 1.29 is 9.59 Å². The van der Waals surface area contributed by atoms with Crippen LogP contribution in [-0.4, -0.2) is 17.9 Å². The van der Waals surface area contributed by atoms with Crippen LogP contribution in [0.1, 0.15) is 34.3 Å². The number of benzene rings is 2. The van der Waals surface area contributed by atoms with Crippen LogP contribution in [0.15, 0.2) is 59.1 Å². The normalized spacial score (nSPS) is 13.6. The first kappa shape index (κ1) is 17.4. The molecule has 0 spiro atoms. The average Bonchev–Trinajstić information content (AvgIpc) is 3.42. The summed E-state index contributed by atoms with van der Waals surface area (Å²) in [5, 5.41) is 5.80. The van der Waals surface area contributed by atoms with E-state index < -0.39 is 0 Å². The van der Waals surface area contributed by atoms with Crippen molar-refractivity contribution in [2.75, 3.05) is 0 Å². The topological polar surface area (TPSA) is 58.2 Å². The Hall–Kier alpha value is -2.40. The fourth-order valence-corrected chi connectivity index (χ4v) is 2.76. The molecule has 1 saturated carbocycles. The monoisotopic (exact) mass is 398 g/mol. The van der Waals surface area contributed by atoms with Crippen LogP contribution in [0.4, 0.5) is 0 Å². The van der Waals surface area contributed by atoms with Crippen LogP contribution in [0.5, 0.6) is 0 Å². The maximum Gasteiger partial charge on any atom is 0.251 e. The van der Waals surface area contributed by atoms with Gasteiger partial charge in [0, 0.05) is 28.7 Å². The molecule has 0 saturated heterocycles. The summed E-state index contributed by atoms with van der Waals surface area (Å²) in [7, 11) is 0. The standard InChI is InChI=1S/C20H19BrN2O2/c21-17-3-1-2-15(12-17)13-22-19(24)11-6-14-4-7-16(8-5-14)20(25)23-18-9-10-18/h1-8,11-12,18H,9-10,13H2,(H,22,24)(H,23,25)/b11-6+. The van der Waals surface area contributed by atoms with Gasteiger partial charge in [0.05, 0.1) is 0 Å². The van der Waals surface area contributed by atoms with Gasteiger partial charge in [0.2, 0.25) is 5.91 Å². The van der Waals surface area contributed by atoms with E-state index in [4.69, 9.17) is 0 Å². The average molecular weight is 399 g/mol. The van der Waals surface area contributed by atoms with Crippen molar-refractivity contribution in [3.63, 3.8) is 0 Å². The summed E-state index contributed by atoms with van der Waals surface area (Å²) in [4.78, 5) is 23.8. The van der Waals surface area contributed by atoms with E-state index in [0.717, 1.165) is 28.4 Å². The van der Waals surface area contributed by atoms with Gasteiger partial charge >= 0.3 is 0 Å². The molecule has 0 aromatic heterocycles. The van der Waals surface area contributed by atoms with Crippen LogP contribution in [0, 0.1) is 0 Å². The minimum Gasteiger partial charge on any atom is -0.349 e. The first-order chi connectivity index (χ1) is 12.1. The van der Waals surface area contributed by atoms with E-state index in [1.165, 1.54) is 6.08 Å². The molecule has 4 nitrogen and oxygen atoms in total. The lowest BCUT2D eigenvalue weighted by atomic mass is 10.1. The number of nitrogens with one attached hydrogen (secondary N) is 2. The molecule has 1 aliphatic rings. The lowest BCUT2D eigenvalue weighted by Gasteiger charge is -2.04. The molecule has 2 N–H and O–H groups in total. The van der Waals surface area contributed by atoms with Crippen molar-refractivity contribution in [3.8, 4) is 0 Å². The Morgan fingerprint density at radius 1 is 1.12 bits per heavy atom. The third-order valence-corrected chi connectivity index (χ3v) is 4.36.